The van der Waals surface area contributed by atoms with E-state index in [1.807, 2.05) is 17.0 Å². The maximum Gasteiger partial charge on any atom is 0.257 e. The van der Waals surface area contributed by atoms with Crippen LogP contribution in [0.5, 0.6) is 5.75 Å². The number of para-hydroxylation sites is 1. The van der Waals surface area contributed by atoms with Crippen molar-refractivity contribution in [2.45, 2.75) is 31.2 Å². The third-order valence-electron chi connectivity index (χ3n) is 6.53. The van der Waals surface area contributed by atoms with Gasteiger partial charge in [0, 0.05) is 38.0 Å². The van der Waals surface area contributed by atoms with E-state index in [-0.39, 0.29) is 5.91 Å². The van der Waals surface area contributed by atoms with Crippen molar-refractivity contribution in [2.24, 2.45) is 5.92 Å². The molecular weight excluding hydrogens is 350 g/mol. The zero-order chi connectivity index (χ0) is 18.9. The summed E-state index contributed by atoms with van der Waals surface area (Å²) in [6, 6.07) is 17.1. The highest BCUT2D eigenvalue weighted by molar-refractivity contribution is 5.97. The molecule has 3 aliphatic rings. The lowest BCUT2D eigenvalue weighted by Gasteiger charge is -2.36. The number of hydrogen-bond donors (Lipinski definition) is 2. The molecule has 0 bridgehead atoms. The van der Waals surface area contributed by atoms with E-state index in [0.29, 0.717) is 24.5 Å². The Bertz CT molecular complexity index is 846. The minimum absolute atomic E-state index is 0.120. The predicted octanol–water partition coefficient (Wildman–Crippen LogP) is 2.73. The molecule has 0 radical (unpaired) electrons. The number of nitrogens with one attached hydrogen (secondary N) is 2. The van der Waals surface area contributed by atoms with Crippen LogP contribution >= 0.6 is 0 Å². The number of carbonyl (C=O) groups excluding carboxylic acids is 1. The molecule has 2 fully saturated rings. The summed E-state index contributed by atoms with van der Waals surface area (Å²) in [6.07, 6.45) is 2.97. The van der Waals surface area contributed by atoms with Gasteiger partial charge in [-0.3, -0.25) is 15.6 Å². The lowest BCUT2D eigenvalue weighted by molar-refractivity contribution is 0.0666. The summed E-state index contributed by atoms with van der Waals surface area (Å²) in [5.74, 6) is 1.98. The standard InChI is InChI=1S/C23H27N3O2/c27-23(19-8-4-7-18-11-14-28-22(18)19)26-12-9-17(10-13-26)21-20(15-24-25-21)16-5-2-1-3-6-16/h1-8,17,20-21,24-25H,9-15H2. The van der Waals surface area contributed by atoms with Crippen molar-refractivity contribution < 1.29 is 9.53 Å². The van der Waals surface area contributed by atoms with Crippen molar-refractivity contribution in [2.75, 3.05) is 26.2 Å². The SMILES string of the molecule is O=C(c1cccc2c1OCC2)N1CCC(C2NNCC2c2ccccc2)CC1. The monoisotopic (exact) mass is 377 g/mol. The number of nitrogens with zero attached hydrogens (tertiary/aromatic N) is 1. The molecule has 2 unspecified atom stereocenters. The number of hydrogen-bond acceptors (Lipinski definition) is 4. The Kier molecular flexibility index (Phi) is 4.79. The molecule has 146 valence electrons. The average Bonchev–Trinajstić information content (AvgIpc) is 3.43. The second-order valence-electron chi connectivity index (χ2n) is 8.09. The minimum Gasteiger partial charge on any atom is -0.492 e. The quantitative estimate of drug-likeness (QED) is 0.864. The molecule has 2 N–H and O–H groups in total. The third kappa shape index (κ3) is 3.19. The lowest BCUT2D eigenvalue weighted by Crippen LogP contribution is -2.45. The smallest absolute Gasteiger partial charge is 0.257 e. The molecule has 3 heterocycles. The summed E-state index contributed by atoms with van der Waals surface area (Å²) in [6.45, 7) is 3.27. The Morgan fingerprint density at radius 3 is 2.68 bits per heavy atom. The van der Waals surface area contributed by atoms with Gasteiger partial charge in [0.25, 0.3) is 5.91 Å². The molecule has 1 amide bonds. The van der Waals surface area contributed by atoms with Crippen molar-refractivity contribution >= 4 is 5.91 Å². The van der Waals surface area contributed by atoms with E-state index in [1.165, 1.54) is 5.56 Å². The fraction of sp³-hybridized carbons (Fsp3) is 0.435. The van der Waals surface area contributed by atoms with E-state index in [0.717, 1.165) is 55.8 Å². The zero-order valence-electron chi connectivity index (χ0n) is 16.1. The van der Waals surface area contributed by atoms with Gasteiger partial charge in [0.05, 0.1) is 12.2 Å². The highest BCUT2D eigenvalue weighted by atomic mass is 16.5. The van der Waals surface area contributed by atoms with Crippen LogP contribution in [0.3, 0.4) is 0 Å². The Balaban J connectivity index is 1.25. The molecule has 5 rings (SSSR count). The van der Waals surface area contributed by atoms with Crippen LogP contribution in [0, 0.1) is 5.92 Å². The molecule has 3 aliphatic heterocycles. The van der Waals surface area contributed by atoms with Crippen LogP contribution in [0.1, 0.15) is 40.2 Å². The number of hydrazine groups is 1. The number of rotatable bonds is 3. The molecule has 0 spiro atoms. The van der Waals surface area contributed by atoms with Gasteiger partial charge in [-0.05, 0) is 36.0 Å². The molecule has 28 heavy (non-hydrogen) atoms. The van der Waals surface area contributed by atoms with Gasteiger partial charge in [0.2, 0.25) is 0 Å². The molecule has 5 nitrogen and oxygen atoms in total. The van der Waals surface area contributed by atoms with Gasteiger partial charge in [-0.25, -0.2) is 0 Å². The van der Waals surface area contributed by atoms with Crippen LogP contribution in [0.4, 0.5) is 0 Å². The summed E-state index contributed by atoms with van der Waals surface area (Å²) in [5, 5.41) is 0. The van der Waals surface area contributed by atoms with Crippen LogP contribution in [-0.2, 0) is 6.42 Å². The topological polar surface area (TPSA) is 53.6 Å². The van der Waals surface area contributed by atoms with Gasteiger partial charge in [-0.2, -0.15) is 0 Å². The first-order valence-corrected chi connectivity index (χ1v) is 10.4. The number of ether oxygens (including phenoxy) is 1. The minimum atomic E-state index is 0.120. The Labute approximate surface area is 166 Å². The highest BCUT2D eigenvalue weighted by Gasteiger charge is 2.37. The molecule has 0 aromatic heterocycles. The summed E-state index contributed by atoms with van der Waals surface area (Å²) in [5.41, 5.74) is 10.2. The van der Waals surface area contributed by atoms with E-state index < -0.39 is 0 Å². The first-order chi connectivity index (χ1) is 13.8. The predicted molar refractivity (Wildman–Crippen MR) is 108 cm³/mol. The van der Waals surface area contributed by atoms with E-state index in [2.05, 4.69) is 47.2 Å². The van der Waals surface area contributed by atoms with Crippen molar-refractivity contribution in [3.05, 3.63) is 65.2 Å². The van der Waals surface area contributed by atoms with E-state index >= 15 is 0 Å². The van der Waals surface area contributed by atoms with Gasteiger partial charge < -0.3 is 9.64 Å². The van der Waals surface area contributed by atoms with Crippen molar-refractivity contribution in [1.82, 2.24) is 15.8 Å². The van der Waals surface area contributed by atoms with Gasteiger partial charge in [-0.15, -0.1) is 0 Å². The van der Waals surface area contributed by atoms with E-state index in [1.54, 1.807) is 0 Å². The maximum atomic E-state index is 13.1. The normalized spacial score (nSPS) is 24.8. The van der Waals surface area contributed by atoms with Crippen molar-refractivity contribution in [3.8, 4) is 5.75 Å². The molecule has 2 saturated heterocycles. The average molecular weight is 377 g/mol. The first-order valence-electron chi connectivity index (χ1n) is 10.4. The Morgan fingerprint density at radius 2 is 1.86 bits per heavy atom. The van der Waals surface area contributed by atoms with Crippen LogP contribution in [-0.4, -0.2) is 43.1 Å². The molecule has 2 atom stereocenters. The number of likely N-dealkylation sites (tertiary alicyclic amines) is 1. The van der Waals surface area contributed by atoms with Gasteiger partial charge in [0.15, 0.2) is 0 Å². The molecular formula is C23H27N3O2. The molecule has 2 aromatic carbocycles. The molecule has 0 saturated carbocycles. The third-order valence-corrected chi connectivity index (χ3v) is 6.53. The van der Waals surface area contributed by atoms with Gasteiger partial charge in [-0.1, -0.05) is 42.5 Å². The first kappa shape index (κ1) is 17.7. The second kappa shape index (κ2) is 7.57. The maximum absolute atomic E-state index is 13.1. The molecule has 0 aliphatic carbocycles. The van der Waals surface area contributed by atoms with Gasteiger partial charge >= 0.3 is 0 Å². The zero-order valence-corrected chi connectivity index (χ0v) is 16.1. The number of carbonyl (C=O) groups is 1. The van der Waals surface area contributed by atoms with Crippen LogP contribution in [0.2, 0.25) is 0 Å². The highest BCUT2D eigenvalue weighted by Crippen LogP contribution is 2.34. The van der Waals surface area contributed by atoms with Crippen LogP contribution < -0.4 is 15.6 Å². The van der Waals surface area contributed by atoms with Crippen molar-refractivity contribution in [1.29, 1.82) is 0 Å². The number of piperidine rings is 1. The number of fused-ring (bicyclic) bond motifs is 1. The summed E-state index contributed by atoms with van der Waals surface area (Å²) in [4.78, 5) is 15.1. The van der Waals surface area contributed by atoms with E-state index in [9.17, 15) is 4.79 Å². The molecule has 2 aromatic rings. The fourth-order valence-electron chi connectivity index (χ4n) is 5.00. The summed E-state index contributed by atoms with van der Waals surface area (Å²) < 4.78 is 5.74. The number of amides is 1. The number of benzene rings is 2. The summed E-state index contributed by atoms with van der Waals surface area (Å²) in [7, 11) is 0. The second-order valence-corrected chi connectivity index (χ2v) is 8.09. The molecule has 5 heteroatoms. The Morgan fingerprint density at radius 1 is 1.04 bits per heavy atom. The Hall–Kier alpha value is -2.37. The van der Waals surface area contributed by atoms with E-state index in [4.69, 9.17) is 4.74 Å². The van der Waals surface area contributed by atoms with Crippen molar-refractivity contribution in [3.63, 3.8) is 0 Å². The lowest BCUT2D eigenvalue weighted by atomic mass is 9.80. The van der Waals surface area contributed by atoms with Crippen LogP contribution in [0.25, 0.3) is 0 Å². The largest absolute Gasteiger partial charge is 0.492 e. The van der Waals surface area contributed by atoms with Gasteiger partial charge in [0.1, 0.15) is 5.75 Å². The fourth-order valence-corrected chi connectivity index (χ4v) is 5.00. The van der Waals surface area contributed by atoms with Crippen LogP contribution in [0.15, 0.2) is 48.5 Å². The summed E-state index contributed by atoms with van der Waals surface area (Å²) >= 11 is 0.